The first-order chi connectivity index (χ1) is 11.4. The second-order valence-corrected chi connectivity index (χ2v) is 7.26. The van der Waals surface area contributed by atoms with Gasteiger partial charge in [-0.3, -0.25) is 14.9 Å². The van der Waals surface area contributed by atoms with Crippen LogP contribution in [0.25, 0.3) is 0 Å². The molecule has 9 nitrogen and oxygen atoms in total. The van der Waals surface area contributed by atoms with Crippen molar-refractivity contribution < 1.29 is 18.1 Å². The monoisotopic (exact) mass is 356 g/mol. The fourth-order valence-electron chi connectivity index (χ4n) is 2.44. The van der Waals surface area contributed by atoms with E-state index >= 15 is 0 Å². The molecular weight excluding hydrogens is 336 g/mol. The van der Waals surface area contributed by atoms with Gasteiger partial charge in [0.1, 0.15) is 0 Å². The van der Waals surface area contributed by atoms with E-state index < -0.39 is 14.9 Å². The van der Waals surface area contributed by atoms with Gasteiger partial charge < -0.3 is 10.6 Å². The summed E-state index contributed by atoms with van der Waals surface area (Å²) in [4.78, 5) is 21.6. The molecule has 10 heteroatoms. The standard InChI is InChI=1S/C14H20N4O5S/c19-14(10-11-2-1-7-15-11)16-8-9-17-24(22,23)13-5-3-12(4-6-13)18(20)21/h3-6,11,15,17H,1-2,7-10H2,(H,16,19). The lowest BCUT2D eigenvalue weighted by molar-refractivity contribution is -0.384. The number of nitrogens with zero attached hydrogens (tertiary/aromatic N) is 1. The van der Waals surface area contributed by atoms with Gasteiger partial charge in [-0.15, -0.1) is 0 Å². The van der Waals surface area contributed by atoms with Crippen LogP contribution in [0.4, 0.5) is 5.69 Å². The van der Waals surface area contributed by atoms with Crippen LogP contribution in [0, 0.1) is 10.1 Å². The number of hydrogen-bond donors (Lipinski definition) is 3. The highest BCUT2D eigenvalue weighted by molar-refractivity contribution is 7.89. The number of benzene rings is 1. The Hall–Kier alpha value is -2.04. The minimum atomic E-state index is -3.76. The summed E-state index contributed by atoms with van der Waals surface area (Å²) in [5, 5.41) is 16.4. The summed E-state index contributed by atoms with van der Waals surface area (Å²) in [5.74, 6) is -0.121. The van der Waals surface area contributed by atoms with Crippen molar-refractivity contribution in [2.24, 2.45) is 0 Å². The van der Waals surface area contributed by atoms with Crippen LogP contribution in [0.15, 0.2) is 29.2 Å². The topological polar surface area (TPSA) is 130 Å². The predicted octanol–water partition coefficient (Wildman–Crippen LogP) is 0.131. The summed E-state index contributed by atoms with van der Waals surface area (Å²) in [6.07, 6.45) is 2.42. The van der Waals surface area contributed by atoms with Crippen molar-refractivity contribution >= 4 is 21.6 Å². The Balaban J connectivity index is 1.75. The summed E-state index contributed by atoms with van der Waals surface area (Å²) < 4.78 is 26.4. The molecule has 132 valence electrons. The largest absolute Gasteiger partial charge is 0.355 e. The van der Waals surface area contributed by atoms with E-state index in [1.807, 2.05) is 0 Å². The third kappa shape index (κ3) is 5.25. The Morgan fingerprint density at radius 3 is 2.58 bits per heavy atom. The molecule has 0 saturated carbocycles. The molecule has 1 amide bonds. The first-order valence-electron chi connectivity index (χ1n) is 7.63. The Morgan fingerprint density at radius 1 is 1.29 bits per heavy atom. The maximum absolute atomic E-state index is 12.0. The number of nitrogens with one attached hydrogen (secondary N) is 3. The van der Waals surface area contributed by atoms with Crippen LogP contribution in [0.1, 0.15) is 19.3 Å². The zero-order valence-electron chi connectivity index (χ0n) is 13.0. The number of rotatable bonds is 8. The third-order valence-electron chi connectivity index (χ3n) is 3.69. The Labute approximate surface area is 140 Å². The van der Waals surface area contributed by atoms with Gasteiger partial charge in [-0.05, 0) is 31.5 Å². The SMILES string of the molecule is O=C(CC1CCCN1)NCCNS(=O)(=O)c1ccc([N+](=O)[O-])cc1. The minimum Gasteiger partial charge on any atom is -0.355 e. The van der Waals surface area contributed by atoms with E-state index in [9.17, 15) is 23.3 Å². The van der Waals surface area contributed by atoms with Gasteiger partial charge in [-0.2, -0.15) is 0 Å². The number of nitro benzene ring substituents is 1. The van der Waals surface area contributed by atoms with Crippen molar-refractivity contribution in [2.75, 3.05) is 19.6 Å². The van der Waals surface area contributed by atoms with Crippen LogP contribution in [-0.4, -0.2) is 44.9 Å². The number of carbonyl (C=O) groups excluding carboxylic acids is 1. The normalized spacial score (nSPS) is 17.6. The molecule has 3 N–H and O–H groups in total. The summed E-state index contributed by atoms with van der Waals surface area (Å²) in [5.41, 5.74) is -0.179. The maximum Gasteiger partial charge on any atom is 0.269 e. The molecule has 0 aliphatic carbocycles. The molecule has 24 heavy (non-hydrogen) atoms. The molecule has 1 aromatic rings. The maximum atomic E-state index is 12.0. The molecule has 0 aromatic heterocycles. The molecule has 2 rings (SSSR count). The Bertz CT molecular complexity index is 684. The van der Waals surface area contributed by atoms with E-state index in [1.165, 1.54) is 12.1 Å². The fourth-order valence-corrected chi connectivity index (χ4v) is 3.48. The first kappa shape index (κ1) is 18.3. The number of hydrogen-bond acceptors (Lipinski definition) is 6. The molecule has 1 atom stereocenters. The van der Waals surface area contributed by atoms with Crippen molar-refractivity contribution in [1.29, 1.82) is 0 Å². The van der Waals surface area contributed by atoms with Gasteiger partial charge in [0.2, 0.25) is 15.9 Å². The highest BCUT2D eigenvalue weighted by atomic mass is 32.2. The van der Waals surface area contributed by atoms with E-state index in [-0.39, 0.29) is 35.6 Å². The number of carbonyl (C=O) groups is 1. The highest BCUT2D eigenvalue weighted by Crippen LogP contribution is 2.15. The number of amides is 1. The van der Waals surface area contributed by atoms with Crippen LogP contribution in [0.5, 0.6) is 0 Å². The minimum absolute atomic E-state index is 0.0448. The first-order valence-corrected chi connectivity index (χ1v) is 9.11. The smallest absolute Gasteiger partial charge is 0.269 e. The molecular formula is C14H20N4O5S. The van der Waals surface area contributed by atoms with Crippen LogP contribution in [-0.2, 0) is 14.8 Å². The molecule has 1 fully saturated rings. The van der Waals surface area contributed by atoms with Gasteiger partial charge in [0.15, 0.2) is 0 Å². The van der Waals surface area contributed by atoms with Crippen LogP contribution in [0.3, 0.4) is 0 Å². The summed E-state index contributed by atoms with van der Waals surface area (Å²) in [6, 6.07) is 4.80. The third-order valence-corrected chi connectivity index (χ3v) is 5.17. The van der Waals surface area contributed by atoms with E-state index in [0.717, 1.165) is 31.5 Å². The zero-order valence-corrected chi connectivity index (χ0v) is 13.8. The van der Waals surface area contributed by atoms with Crippen LogP contribution >= 0.6 is 0 Å². The van der Waals surface area contributed by atoms with Gasteiger partial charge >= 0.3 is 0 Å². The van der Waals surface area contributed by atoms with E-state index in [1.54, 1.807) is 0 Å². The molecule has 0 spiro atoms. The number of non-ortho nitro benzene ring substituents is 1. The molecule has 1 unspecified atom stereocenters. The van der Waals surface area contributed by atoms with Crippen molar-refractivity contribution in [2.45, 2.75) is 30.2 Å². The zero-order chi connectivity index (χ0) is 17.6. The van der Waals surface area contributed by atoms with Crippen molar-refractivity contribution in [1.82, 2.24) is 15.4 Å². The van der Waals surface area contributed by atoms with E-state index in [2.05, 4.69) is 15.4 Å². The lowest BCUT2D eigenvalue weighted by Gasteiger charge is -2.11. The van der Waals surface area contributed by atoms with Gasteiger partial charge in [0.05, 0.1) is 9.82 Å². The molecule has 1 aliphatic heterocycles. The van der Waals surface area contributed by atoms with Crippen molar-refractivity contribution in [3.8, 4) is 0 Å². The fraction of sp³-hybridized carbons (Fsp3) is 0.500. The van der Waals surface area contributed by atoms with Crippen molar-refractivity contribution in [3.63, 3.8) is 0 Å². The second kappa shape index (κ2) is 8.18. The number of nitro groups is 1. The predicted molar refractivity (Wildman–Crippen MR) is 86.9 cm³/mol. The van der Waals surface area contributed by atoms with Gasteiger partial charge in [0, 0.05) is 37.7 Å². The van der Waals surface area contributed by atoms with Crippen LogP contribution < -0.4 is 15.4 Å². The lowest BCUT2D eigenvalue weighted by atomic mass is 10.1. The average Bonchev–Trinajstić information content (AvgIpc) is 3.04. The van der Waals surface area contributed by atoms with Crippen LogP contribution in [0.2, 0.25) is 0 Å². The highest BCUT2D eigenvalue weighted by Gasteiger charge is 2.18. The molecule has 1 saturated heterocycles. The Morgan fingerprint density at radius 2 is 2.00 bits per heavy atom. The summed E-state index contributed by atoms with van der Waals surface area (Å²) >= 11 is 0. The van der Waals surface area contributed by atoms with Gasteiger partial charge in [0.25, 0.3) is 5.69 Å². The van der Waals surface area contributed by atoms with E-state index in [0.29, 0.717) is 6.42 Å². The molecule has 1 aliphatic rings. The molecule has 0 radical (unpaired) electrons. The summed E-state index contributed by atoms with van der Waals surface area (Å²) in [7, 11) is -3.76. The average molecular weight is 356 g/mol. The molecule has 1 aromatic carbocycles. The number of sulfonamides is 1. The van der Waals surface area contributed by atoms with Crippen molar-refractivity contribution in [3.05, 3.63) is 34.4 Å². The van der Waals surface area contributed by atoms with Gasteiger partial charge in [-0.1, -0.05) is 0 Å². The summed E-state index contributed by atoms with van der Waals surface area (Å²) in [6.45, 7) is 1.15. The molecule has 0 bridgehead atoms. The lowest BCUT2D eigenvalue weighted by Crippen LogP contribution is -2.37. The van der Waals surface area contributed by atoms with Gasteiger partial charge in [-0.25, -0.2) is 13.1 Å². The molecule has 1 heterocycles. The van der Waals surface area contributed by atoms with E-state index in [4.69, 9.17) is 0 Å². The quantitative estimate of drug-likeness (QED) is 0.345. The Kier molecular flexibility index (Phi) is 6.23. The second-order valence-electron chi connectivity index (χ2n) is 5.50.